The number of H-pyrrole nitrogens is 2. The number of aryl methyl sites for hydroxylation is 2. The van der Waals surface area contributed by atoms with Gasteiger partial charge in [0.1, 0.15) is 5.82 Å². The standard InChI is InChI=1S/C14H15ClN6O2/c1-21-10-4-2-3-8(15)13(10)9(20-21)7-16-12(22)6-5-11-17-14(23)19-18-11/h2-4H,5-7H2,1H3,(H,16,22)(H2,17,18,19,23). The molecule has 3 N–H and O–H groups in total. The number of carbonyl (C=O) groups is 1. The van der Waals surface area contributed by atoms with Gasteiger partial charge in [-0.1, -0.05) is 17.7 Å². The average molecular weight is 335 g/mol. The van der Waals surface area contributed by atoms with Gasteiger partial charge in [-0.2, -0.15) is 10.2 Å². The van der Waals surface area contributed by atoms with Gasteiger partial charge in [-0.15, -0.1) is 0 Å². The number of rotatable bonds is 5. The highest BCUT2D eigenvalue weighted by atomic mass is 35.5. The molecular formula is C14H15ClN6O2. The maximum atomic E-state index is 11.9. The maximum absolute atomic E-state index is 11.9. The molecule has 0 fully saturated rings. The van der Waals surface area contributed by atoms with Crippen LogP contribution in [0.15, 0.2) is 23.0 Å². The number of nitrogens with zero attached hydrogens (tertiary/aromatic N) is 3. The third kappa shape index (κ3) is 3.26. The van der Waals surface area contributed by atoms with Crippen molar-refractivity contribution in [1.29, 1.82) is 0 Å². The van der Waals surface area contributed by atoms with Crippen LogP contribution >= 0.6 is 11.6 Å². The predicted molar refractivity (Wildman–Crippen MR) is 85.1 cm³/mol. The summed E-state index contributed by atoms with van der Waals surface area (Å²) >= 11 is 6.22. The van der Waals surface area contributed by atoms with E-state index in [1.54, 1.807) is 10.7 Å². The summed E-state index contributed by atoms with van der Waals surface area (Å²) in [6.07, 6.45) is 0.577. The summed E-state index contributed by atoms with van der Waals surface area (Å²) in [5, 5.41) is 14.7. The van der Waals surface area contributed by atoms with Crippen LogP contribution in [0, 0.1) is 0 Å². The zero-order chi connectivity index (χ0) is 16.4. The second-order valence-corrected chi connectivity index (χ2v) is 5.51. The number of fused-ring (bicyclic) bond motifs is 1. The molecular weight excluding hydrogens is 320 g/mol. The summed E-state index contributed by atoms with van der Waals surface area (Å²) in [6.45, 7) is 0.289. The molecule has 9 heteroatoms. The molecule has 0 aliphatic carbocycles. The van der Waals surface area contributed by atoms with Crippen LogP contribution in [-0.4, -0.2) is 30.9 Å². The lowest BCUT2D eigenvalue weighted by Gasteiger charge is -2.03. The molecule has 0 radical (unpaired) electrons. The van der Waals surface area contributed by atoms with E-state index >= 15 is 0 Å². The zero-order valence-corrected chi connectivity index (χ0v) is 13.1. The summed E-state index contributed by atoms with van der Waals surface area (Å²) in [4.78, 5) is 25.3. The average Bonchev–Trinajstić information content (AvgIpc) is 3.08. The van der Waals surface area contributed by atoms with Crippen LogP contribution in [0.3, 0.4) is 0 Å². The Morgan fingerprint density at radius 3 is 3.00 bits per heavy atom. The Morgan fingerprint density at radius 2 is 2.26 bits per heavy atom. The lowest BCUT2D eigenvalue weighted by Crippen LogP contribution is -2.23. The minimum absolute atomic E-state index is 0.153. The van der Waals surface area contributed by atoms with Crippen LogP contribution in [0.4, 0.5) is 0 Å². The van der Waals surface area contributed by atoms with Crippen molar-refractivity contribution in [2.45, 2.75) is 19.4 Å². The smallest absolute Gasteiger partial charge is 0.340 e. The summed E-state index contributed by atoms with van der Waals surface area (Å²) < 4.78 is 1.73. The molecule has 2 heterocycles. The van der Waals surface area contributed by atoms with E-state index in [-0.39, 0.29) is 24.6 Å². The highest BCUT2D eigenvalue weighted by Crippen LogP contribution is 2.26. The van der Waals surface area contributed by atoms with Crippen LogP contribution < -0.4 is 11.0 Å². The van der Waals surface area contributed by atoms with E-state index in [0.717, 1.165) is 16.6 Å². The molecule has 3 rings (SSSR count). The summed E-state index contributed by atoms with van der Waals surface area (Å²) in [5.41, 5.74) is 1.25. The number of hydrogen-bond acceptors (Lipinski definition) is 4. The molecule has 1 aromatic carbocycles. The predicted octanol–water partition coefficient (Wildman–Crippen LogP) is 0.887. The Labute approximate surface area is 135 Å². The van der Waals surface area contributed by atoms with Gasteiger partial charge < -0.3 is 5.32 Å². The van der Waals surface area contributed by atoms with E-state index in [1.807, 2.05) is 19.2 Å². The van der Waals surface area contributed by atoms with Gasteiger partial charge in [0.05, 0.1) is 22.8 Å². The first-order valence-corrected chi connectivity index (χ1v) is 7.43. The first-order chi connectivity index (χ1) is 11.0. The van der Waals surface area contributed by atoms with Crippen molar-refractivity contribution in [3.8, 4) is 0 Å². The van der Waals surface area contributed by atoms with Gasteiger partial charge >= 0.3 is 5.69 Å². The first kappa shape index (κ1) is 15.3. The normalized spacial score (nSPS) is 11.0. The van der Waals surface area contributed by atoms with Crippen molar-refractivity contribution in [3.05, 3.63) is 45.2 Å². The largest absolute Gasteiger partial charge is 0.350 e. The lowest BCUT2D eigenvalue weighted by atomic mass is 10.2. The molecule has 8 nitrogen and oxygen atoms in total. The van der Waals surface area contributed by atoms with Gasteiger partial charge in [0.25, 0.3) is 0 Å². The van der Waals surface area contributed by atoms with Gasteiger partial charge in [0.15, 0.2) is 0 Å². The van der Waals surface area contributed by atoms with Crippen molar-refractivity contribution in [1.82, 2.24) is 30.3 Å². The second kappa shape index (κ2) is 6.25. The minimum atomic E-state index is -0.380. The number of aromatic nitrogens is 5. The van der Waals surface area contributed by atoms with Crippen molar-refractivity contribution in [3.63, 3.8) is 0 Å². The van der Waals surface area contributed by atoms with Crippen molar-refractivity contribution < 1.29 is 4.79 Å². The SMILES string of the molecule is Cn1nc(CNC(=O)CCc2n[nH]c(=O)[nH]2)c2c(Cl)cccc21. The lowest BCUT2D eigenvalue weighted by molar-refractivity contribution is -0.121. The number of aromatic amines is 2. The van der Waals surface area contributed by atoms with Gasteiger partial charge in [0.2, 0.25) is 5.91 Å². The van der Waals surface area contributed by atoms with Crippen molar-refractivity contribution >= 4 is 28.4 Å². The molecule has 0 atom stereocenters. The van der Waals surface area contributed by atoms with Crippen LogP contribution in [0.25, 0.3) is 10.9 Å². The summed E-state index contributed by atoms with van der Waals surface area (Å²) in [7, 11) is 1.83. The number of carbonyl (C=O) groups excluding carboxylic acids is 1. The van der Waals surface area contributed by atoms with Crippen molar-refractivity contribution in [2.24, 2.45) is 7.05 Å². The first-order valence-electron chi connectivity index (χ1n) is 7.05. The molecule has 0 aliphatic rings. The van der Waals surface area contributed by atoms with Gasteiger partial charge in [-0.3, -0.25) is 14.5 Å². The van der Waals surface area contributed by atoms with Crippen LogP contribution in [0.2, 0.25) is 5.02 Å². The Morgan fingerprint density at radius 1 is 1.43 bits per heavy atom. The monoisotopic (exact) mass is 334 g/mol. The molecule has 2 aromatic heterocycles. The van der Waals surface area contributed by atoms with E-state index in [4.69, 9.17) is 11.6 Å². The highest BCUT2D eigenvalue weighted by Gasteiger charge is 2.13. The Hall–Kier alpha value is -2.61. The molecule has 0 saturated heterocycles. The van der Waals surface area contributed by atoms with Gasteiger partial charge in [-0.25, -0.2) is 9.89 Å². The number of halogens is 1. The van der Waals surface area contributed by atoms with Gasteiger partial charge in [-0.05, 0) is 12.1 Å². The molecule has 0 bridgehead atoms. The molecule has 1 amide bonds. The molecule has 0 unspecified atom stereocenters. The number of amides is 1. The quantitative estimate of drug-likeness (QED) is 0.643. The van der Waals surface area contributed by atoms with E-state index in [2.05, 4.69) is 25.6 Å². The fourth-order valence-corrected chi connectivity index (χ4v) is 2.68. The summed E-state index contributed by atoms with van der Waals surface area (Å²) in [5.74, 6) is 0.302. The molecule has 0 saturated carbocycles. The minimum Gasteiger partial charge on any atom is -0.350 e. The van der Waals surface area contributed by atoms with Crippen molar-refractivity contribution in [2.75, 3.05) is 0 Å². The number of nitrogens with one attached hydrogen (secondary N) is 3. The molecule has 0 aliphatic heterocycles. The van der Waals surface area contributed by atoms with E-state index in [0.29, 0.717) is 17.3 Å². The molecule has 120 valence electrons. The highest BCUT2D eigenvalue weighted by molar-refractivity contribution is 6.35. The van der Waals surface area contributed by atoms with E-state index in [9.17, 15) is 9.59 Å². The number of hydrogen-bond donors (Lipinski definition) is 3. The second-order valence-electron chi connectivity index (χ2n) is 5.11. The fourth-order valence-electron chi connectivity index (χ4n) is 2.40. The Bertz CT molecular complexity index is 910. The summed E-state index contributed by atoms with van der Waals surface area (Å²) in [6, 6.07) is 5.58. The number of benzene rings is 1. The van der Waals surface area contributed by atoms with E-state index < -0.39 is 0 Å². The molecule has 3 aromatic rings. The maximum Gasteiger partial charge on any atom is 0.340 e. The van der Waals surface area contributed by atoms with Crippen LogP contribution in [0.5, 0.6) is 0 Å². The van der Waals surface area contributed by atoms with Gasteiger partial charge in [0, 0.05) is 25.3 Å². The van der Waals surface area contributed by atoms with E-state index in [1.165, 1.54) is 0 Å². The third-order valence-corrected chi connectivity index (χ3v) is 3.81. The van der Waals surface area contributed by atoms with Crippen LogP contribution in [0.1, 0.15) is 17.9 Å². The molecule has 23 heavy (non-hydrogen) atoms. The third-order valence-electron chi connectivity index (χ3n) is 3.49. The van der Waals surface area contributed by atoms with Crippen LogP contribution in [-0.2, 0) is 24.8 Å². The Kier molecular flexibility index (Phi) is 4.16. The topological polar surface area (TPSA) is 108 Å². The zero-order valence-electron chi connectivity index (χ0n) is 12.4. The molecule has 0 spiro atoms. The Balaban J connectivity index is 1.64. The fraction of sp³-hybridized carbons (Fsp3) is 0.286.